The first-order chi connectivity index (χ1) is 11.6. The molecule has 0 spiro atoms. The summed E-state index contributed by atoms with van der Waals surface area (Å²) < 4.78 is 11.2. The number of carbonyl (C=O) groups is 1. The van der Waals surface area contributed by atoms with E-state index in [9.17, 15) is 4.79 Å². The van der Waals surface area contributed by atoms with E-state index in [0.29, 0.717) is 36.2 Å². The van der Waals surface area contributed by atoms with Gasteiger partial charge in [-0.1, -0.05) is 35.9 Å². The molecule has 2 aromatic rings. The van der Waals surface area contributed by atoms with E-state index >= 15 is 0 Å². The van der Waals surface area contributed by atoms with Gasteiger partial charge in [0.15, 0.2) is 0 Å². The van der Waals surface area contributed by atoms with Crippen molar-refractivity contribution in [2.24, 2.45) is 10.8 Å². The number of hydrazone groups is 1. The van der Waals surface area contributed by atoms with Crippen molar-refractivity contribution < 1.29 is 14.3 Å². The van der Waals surface area contributed by atoms with Crippen LogP contribution in [0.25, 0.3) is 0 Å². The van der Waals surface area contributed by atoms with Gasteiger partial charge >= 0.3 is 6.03 Å². The highest BCUT2D eigenvalue weighted by molar-refractivity contribution is 6.32. The molecule has 0 fully saturated rings. The van der Waals surface area contributed by atoms with Crippen molar-refractivity contribution in [2.45, 2.75) is 6.42 Å². The predicted molar refractivity (Wildman–Crippen MR) is 93.8 cm³/mol. The van der Waals surface area contributed by atoms with E-state index in [4.69, 9.17) is 26.8 Å². The van der Waals surface area contributed by atoms with Crippen molar-refractivity contribution in [1.29, 1.82) is 0 Å². The number of nitrogens with two attached hydrogens (primary N) is 1. The standard InChI is InChI=1S/C17H18ClN3O3/c18-15-7-1-2-8-16(15)24-10-4-9-23-14-6-3-5-13(11-14)12-20-21-17(19)22/h1-3,5-8,11-12H,4,9-10H2,(H3,19,21,22)/b20-12-. The number of primary amides is 1. The molecule has 0 bridgehead atoms. The van der Waals surface area contributed by atoms with Crippen LogP contribution in [0.2, 0.25) is 5.02 Å². The number of nitrogens with zero attached hydrogens (tertiary/aromatic N) is 1. The van der Waals surface area contributed by atoms with Crippen molar-refractivity contribution in [3.05, 3.63) is 59.1 Å². The summed E-state index contributed by atoms with van der Waals surface area (Å²) in [6.07, 6.45) is 2.20. The number of benzene rings is 2. The molecular formula is C17H18ClN3O3. The Hall–Kier alpha value is -2.73. The largest absolute Gasteiger partial charge is 0.493 e. The molecule has 126 valence electrons. The molecule has 0 saturated carbocycles. The van der Waals surface area contributed by atoms with Crippen LogP contribution < -0.4 is 20.6 Å². The zero-order valence-corrected chi connectivity index (χ0v) is 13.7. The number of hydrogen-bond acceptors (Lipinski definition) is 4. The number of ether oxygens (including phenoxy) is 2. The number of nitrogens with one attached hydrogen (secondary N) is 1. The van der Waals surface area contributed by atoms with Gasteiger partial charge in [-0.15, -0.1) is 0 Å². The van der Waals surface area contributed by atoms with Crippen molar-refractivity contribution in [2.75, 3.05) is 13.2 Å². The number of para-hydroxylation sites is 1. The third-order valence-electron chi connectivity index (χ3n) is 2.90. The van der Waals surface area contributed by atoms with Crippen LogP contribution in [0, 0.1) is 0 Å². The van der Waals surface area contributed by atoms with Crippen LogP contribution in [-0.4, -0.2) is 25.5 Å². The van der Waals surface area contributed by atoms with Crippen LogP contribution in [0.15, 0.2) is 53.6 Å². The van der Waals surface area contributed by atoms with Gasteiger partial charge in [-0.3, -0.25) is 0 Å². The monoisotopic (exact) mass is 347 g/mol. The number of hydrogen-bond donors (Lipinski definition) is 2. The van der Waals surface area contributed by atoms with Crippen LogP contribution >= 0.6 is 11.6 Å². The SMILES string of the molecule is NC(=O)N/N=C\c1cccc(OCCCOc2ccccc2Cl)c1. The van der Waals surface area contributed by atoms with Crippen LogP contribution in [0.3, 0.4) is 0 Å². The number of rotatable bonds is 8. The van der Waals surface area contributed by atoms with E-state index in [2.05, 4.69) is 10.5 Å². The smallest absolute Gasteiger partial charge is 0.332 e. The summed E-state index contributed by atoms with van der Waals surface area (Å²) in [6, 6.07) is 13.9. The number of amides is 2. The lowest BCUT2D eigenvalue weighted by Gasteiger charge is -2.09. The Morgan fingerprint density at radius 1 is 1.17 bits per heavy atom. The topological polar surface area (TPSA) is 85.9 Å². The zero-order valence-electron chi connectivity index (χ0n) is 12.9. The molecule has 0 aliphatic rings. The van der Waals surface area contributed by atoms with Crippen molar-refractivity contribution in [3.8, 4) is 11.5 Å². The maximum atomic E-state index is 10.5. The summed E-state index contributed by atoms with van der Waals surface area (Å²) in [5.41, 5.74) is 7.84. The van der Waals surface area contributed by atoms with Gasteiger partial charge in [-0.2, -0.15) is 5.10 Å². The molecule has 2 rings (SSSR count). The average Bonchev–Trinajstić information content (AvgIpc) is 2.56. The van der Waals surface area contributed by atoms with E-state index in [1.807, 2.05) is 36.4 Å². The minimum atomic E-state index is -0.711. The molecule has 0 aliphatic heterocycles. The Morgan fingerprint density at radius 3 is 2.75 bits per heavy atom. The summed E-state index contributed by atoms with van der Waals surface area (Å²) >= 11 is 6.01. The van der Waals surface area contributed by atoms with Crippen LogP contribution in [0.5, 0.6) is 11.5 Å². The Morgan fingerprint density at radius 2 is 1.96 bits per heavy atom. The lowest BCUT2D eigenvalue weighted by Crippen LogP contribution is -2.24. The molecular weight excluding hydrogens is 330 g/mol. The molecule has 0 radical (unpaired) electrons. The molecule has 0 heterocycles. The fourth-order valence-corrected chi connectivity index (χ4v) is 2.04. The van der Waals surface area contributed by atoms with E-state index in [1.54, 1.807) is 12.1 Å². The molecule has 0 aliphatic carbocycles. The average molecular weight is 348 g/mol. The maximum absolute atomic E-state index is 10.5. The van der Waals surface area contributed by atoms with Crippen molar-refractivity contribution in [1.82, 2.24) is 5.43 Å². The van der Waals surface area contributed by atoms with Gasteiger partial charge in [0.25, 0.3) is 0 Å². The number of urea groups is 1. The second-order valence-corrected chi connectivity index (χ2v) is 5.19. The van der Waals surface area contributed by atoms with Gasteiger partial charge in [0.1, 0.15) is 11.5 Å². The first-order valence-electron chi connectivity index (χ1n) is 7.34. The fraction of sp³-hybridized carbons (Fsp3) is 0.176. The second-order valence-electron chi connectivity index (χ2n) is 4.79. The van der Waals surface area contributed by atoms with Gasteiger partial charge < -0.3 is 15.2 Å². The van der Waals surface area contributed by atoms with Gasteiger partial charge in [0.2, 0.25) is 0 Å². The van der Waals surface area contributed by atoms with Crippen LogP contribution in [0.1, 0.15) is 12.0 Å². The minimum absolute atomic E-state index is 0.505. The number of halogens is 1. The summed E-state index contributed by atoms with van der Waals surface area (Å²) in [5, 5.41) is 4.29. The summed E-state index contributed by atoms with van der Waals surface area (Å²) in [7, 11) is 0. The van der Waals surface area contributed by atoms with Gasteiger partial charge in [-0.05, 0) is 29.8 Å². The lowest BCUT2D eigenvalue weighted by molar-refractivity contribution is 0.247. The highest BCUT2D eigenvalue weighted by Gasteiger charge is 2.00. The Balaban J connectivity index is 1.73. The summed E-state index contributed by atoms with van der Waals surface area (Å²) in [5.74, 6) is 1.37. The summed E-state index contributed by atoms with van der Waals surface area (Å²) in [4.78, 5) is 10.5. The molecule has 2 amide bonds. The molecule has 24 heavy (non-hydrogen) atoms. The van der Waals surface area contributed by atoms with Crippen LogP contribution in [0.4, 0.5) is 4.79 Å². The fourth-order valence-electron chi connectivity index (χ4n) is 1.85. The first kappa shape index (κ1) is 17.6. The van der Waals surface area contributed by atoms with E-state index in [-0.39, 0.29) is 0 Å². The third kappa shape index (κ3) is 6.18. The molecule has 0 saturated heterocycles. The van der Waals surface area contributed by atoms with E-state index in [1.165, 1.54) is 6.21 Å². The normalized spacial score (nSPS) is 10.5. The van der Waals surface area contributed by atoms with Crippen LogP contribution in [-0.2, 0) is 0 Å². The summed E-state index contributed by atoms with van der Waals surface area (Å²) in [6.45, 7) is 1.01. The highest BCUT2D eigenvalue weighted by Crippen LogP contribution is 2.23. The highest BCUT2D eigenvalue weighted by atomic mass is 35.5. The number of carbonyl (C=O) groups excluding carboxylic acids is 1. The van der Waals surface area contributed by atoms with Gasteiger partial charge in [0.05, 0.1) is 24.5 Å². The predicted octanol–water partition coefficient (Wildman–Crippen LogP) is 3.19. The van der Waals surface area contributed by atoms with Gasteiger partial charge in [0, 0.05) is 6.42 Å². The van der Waals surface area contributed by atoms with Crippen molar-refractivity contribution in [3.63, 3.8) is 0 Å². The molecule has 0 unspecified atom stereocenters. The Bertz CT molecular complexity index is 707. The van der Waals surface area contributed by atoms with Crippen molar-refractivity contribution >= 4 is 23.8 Å². The Labute approximate surface area is 145 Å². The first-order valence-corrected chi connectivity index (χ1v) is 7.71. The third-order valence-corrected chi connectivity index (χ3v) is 3.21. The van der Waals surface area contributed by atoms with E-state index < -0.39 is 6.03 Å². The Kier molecular flexibility index (Phi) is 6.91. The molecule has 2 aromatic carbocycles. The second kappa shape index (κ2) is 9.42. The maximum Gasteiger partial charge on any atom is 0.332 e. The quantitative estimate of drug-likeness (QED) is 0.437. The lowest BCUT2D eigenvalue weighted by atomic mass is 10.2. The molecule has 6 nitrogen and oxygen atoms in total. The molecule has 0 aromatic heterocycles. The van der Waals surface area contributed by atoms with E-state index in [0.717, 1.165) is 5.56 Å². The van der Waals surface area contributed by atoms with Gasteiger partial charge in [-0.25, -0.2) is 10.2 Å². The minimum Gasteiger partial charge on any atom is -0.493 e. The molecule has 7 heteroatoms. The zero-order chi connectivity index (χ0) is 17.2. The molecule has 3 N–H and O–H groups in total. The molecule has 0 atom stereocenters.